The highest BCUT2D eigenvalue weighted by molar-refractivity contribution is 6.31. The fraction of sp³-hybridized carbons (Fsp3) is 0.350. The smallest absolute Gasteiger partial charge is 0.322 e. The van der Waals surface area contributed by atoms with Crippen molar-refractivity contribution in [2.45, 2.75) is 32.4 Å². The summed E-state index contributed by atoms with van der Waals surface area (Å²) in [4.78, 5) is 14.5. The van der Waals surface area contributed by atoms with Gasteiger partial charge in [0.05, 0.1) is 24.4 Å². The van der Waals surface area contributed by atoms with Crippen molar-refractivity contribution in [3.63, 3.8) is 0 Å². The van der Waals surface area contributed by atoms with Crippen LogP contribution in [0.25, 0.3) is 0 Å². The summed E-state index contributed by atoms with van der Waals surface area (Å²) < 4.78 is 5.64. The predicted octanol–water partition coefficient (Wildman–Crippen LogP) is 4.08. The Kier molecular flexibility index (Phi) is 5.39. The molecule has 2 N–H and O–H groups in total. The van der Waals surface area contributed by atoms with Gasteiger partial charge in [-0.15, -0.1) is 0 Å². The molecule has 0 saturated heterocycles. The van der Waals surface area contributed by atoms with E-state index in [1.54, 1.807) is 24.8 Å². The molecule has 1 heterocycles. The van der Waals surface area contributed by atoms with E-state index in [9.17, 15) is 9.90 Å². The lowest BCUT2D eigenvalue weighted by Gasteiger charge is -2.29. The third-order valence-corrected chi connectivity index (χ3v) is 4.29. The average Bonchev–Trinajstić information content (AvgIpc) is 3.02. The molecule has 1 aliphatic heterocycles. The first-order valence-corrected chi connectivity index (χ1v) is 8.97. The molecule has 0 radical (unpaired) electrons. The van der Waals surface area contributed by atoms with E-state index < -0.39 is 5.60 Å². The standard InChI is InChI=1S/C20H23ClN2O3/c1-20(2,25)13-23(12-14-6-4-3-5-7-14)19(24)22-17-11-16(21)10-15-8-9-26-18(15)17/h3-7,10-11,25H,8-9,12-13H2,1-2H3,(H,22,24). The van der Waals surface area contributed by atoms with E-state index in [1.165, 1.54) is 0 Å². The second kappa shape index (κ2) is 7.56. The minimum Gasteiger partial charge on any atom is -0.491 e. The largest absolute Gasteiger partial charge is 0.491 e. The number of hydrogen-bond acceptors (Lipinski definition) is 3. The molecule has 26 heavy (non-hydrogen) atoms. The van der Waals surface area contributed by atoms with Gasteiger partial charge >= 0.3 is 6.03 Å². The van der Waals surface area contributed by atoms with E-state index in [1.807, 2.05) is 36.4 Å². The minimum atomic E-state index is -1.01. The van der Waals surface area contributed by atoms with E-state index in [-0.39, 0.29) is 12.6 Å². The van der Waals surface area contributed by atoms with Crippen molar-refractivity contribution in [3.05, 3.63) is 58.6 Å². The average molecular weight is 375 g/mol. The van der Waals surface area contributed by atoms with E-state index in [4.69, 9.17) is 16.3 Å². The summed E-state index contributed by atoms with van der Waals surface area (Å²) in [7, 11) is 0. The summed E-state index contributed by atoms with van der Waals surface area (Å²) in [5.41, 5.74) is 1.52. The Balaban J connectivity index is 1.81. The van der Waals surface area contributed by atoms with Crippen LogP contribution in [0, 0.1) is 0 Å². The highest BCUT2D eigenvalue weighted by Gasteiger charge is 2.25. The molecular weight excluding hydrogens is 352 g/mol. The van der Waals surface area contributed by atoms with E-state index in [0.29, 0.717) is 29.6 Å². The fourth-order valence-corrected chi connectivity index (χ4v) is 3.27. The number of carbonyl (C=O) groups is 1. The molecule has 0 unspecified atom stereocenters. The van der Waals surface area contributed by atoms with Crippen LogP contribution in [0.1, 0.15) is 25.0 Å². The first kappa shape index (κ1) is 18.5. The number of halogens is 1. The van der Waals surface area contributed by atoms with Gasteiger partial charge in [-0.1, -0.05) is 41.9 Å². The van der Waals surface area contributed by atoms with Crippen LogP contribution in [-0.2, 0) is 13.0 Å². The lowest BCUT2D eigenvalue weighted by Crippen LogP contribution is -2.43. The summed E-state index contributed by atoms with van der Waals surface area (Å²) in [6, 6.07) is 12.9. The van der Waals surface area contributed by atoms with Crippen molar-refractivity contribution < 1.29 is 14.6 Å². The number of rotatable bonds is 5. The van der Waals surface area contributed by atoms with Gasteiger partial charge < -0.3 is 20.1 Å². The number of aliphatic hydroxyl groups is 1. The van der Waals surface area contributed by atoms with Gasteiger partial charge in [-0.3, -0.25) is 0 Å². The lowest BCUT2D eigenvalue weighted by molar-refractivity contribution is 0.0469. The molecule has 2 aromatic rings. The lowest BCUT2D eigenvalue weighted by atomic mass is 10.1. The molecule has 0 fully saturated rings. The highest BCUT2D eigenvalue weighted by atomic mass is 35.5. The molecule has 3 rings (SSSR count). The van der Waals surface area contributed by atoms with Crippen LogP contribution in [0.3, 0.4) is 0 Å². The van der Waals surface area contributed by atoms with Crippen molar-refractivity contribution in [3.8, 4) is 5.75 Å². The quantitative estimate of drug-likeness (QED) is 0.828. The van der Waals surface area contributed by atoms with Crippen molar-refractivity contribution in [2.75, 3.05) is 18.5 Å². The maximum absolute atomic E-state index is 12.9. The number of hydrogen-bond donors (Lipinski definition) is 2. The monoisotopic (exact) mass is 374 g/mol. The summed E-state index contributed by atoms with van der Waals surface area (Å²) in [6.45, 7) is 4.52. The topological polar surface area (TPSA) is 61.8 Å². The number of benzene rings is 2. The summed E-state index contributed by atoms with van der Waals surface area (Å²) in [6.07, 6.45) is 0.774. The van der Waals surface area contributed by atoms with Gasteiger partial charge in [-0.05, 0) is 31.5 Å². The van der Waals surface area contributed by atoms with Crippen LogP contribution < -0.4 is 10.1 Å². The zero-order chi connectivity index (χ0) is 18.7. The number of urea groups is 1. The molecule has 6 heteroatoms. The molecule has 0 bridgehead atoms. The second-order valence-electron chi connectivity index (χ2n) is 7.12. The molecule has 0 saturated carbocycles. The van der Waals surface area contributed by atoms with Crippen LogP contribution in [0.4, 0.5) is 10.5 Å². The first-order chi connectivity index (χ1) is 12.3. The summed E-state index contributed by atoms with van der Waals surface area (Å²) >= 11 is 6.17. The van der Waals surface area contributed by atoms with Crippen LogP contribution in [0.2, 0.25) is 5.02 Å². The Hall–Kier alpha value is -2.24. The zero-order valence-electron chi connectivity index (χ0n) is 15.0. The second-order valence-corrected chi connectivity index (χ2v) is 7.56. The number of anilines is 1. The Morgan fingerprint density at radius 1 is 1.31 bits per heavy atom. The number of nitrogens with one attached hydrogen (secondary N) is 1. The van der Waals surface area contributed by atoms with Crippen molar-refractivity contribution in [1.29, 1.82) is 0 Å². The van der Waals surface area contributed by atoms with Gasteiger partial charge in [0.2, 0.25) is 0 Å². The Morgan fingerprint density at radius 3 is 2.73 bits per heavy atom. The third-order valence-electron chi connectivity index (χ3n) is 4.07. The minimum absolute atomic E-state index is 0.192. The predicted molar refractivity (Wildman–Crippen MR) is 103 cm³/mol. The fourth-order valence-electron chi connectivity index (χ4n) is 3.03. The van der Waals surface area contributed by atoms with Gasteiger partial charge in [0.1, 0.15) is 5.75 Å². The van der Waals surface area contributed by atoms with Crippen LogP contribution in [-0.4, -0.2) is 34.8 Å². The molecule has 0 atom stereocenters. The molecule has 5 nitrogen and oxygen atoms in total. The Morgan fingerprint density at radius 2 is 2.04 bits per heavy atom. The SMILES string of the molecule is CC(C)(O)CN(Cc1ccccc1)C(=O)Nc1cc(Cl)cc2c1OCC2. The molecule has 138 valence electrons. The molecule has 2 aromatic carbocycles. The zero-order valence-corrected chi connectivity index (χ0v) is 15.7. The molecular formula is C20H23ClN2O3. The maximum atomic E-state index is 12.9. The maximum Gasteiger partial charge on any atom is 0.322 e. The molecule has 0 spiro atoms. The highest BCUT2D eigenvalue weighted by Crippen LogP contribution is 2.36. The number of nitrogens with zero attached hydrogens (tertiary/aromatic N) is 1. The molecule has 2 amide bonds. The normalized spacial score (nSPS) is 13.1. The Labute approximate surface area is 158 Å². The number of fused-ring (bicyclic) bond motifs is 1. The van der Waals surface area contributed by atoms with Crippen molar-refractivity contribution in [2.24, 2.45) is 0 Å². The molecule has 0 aliphatic carbocycles. The van der Waals surface area contributed by atoms with Crippen LogP contribution in [0.5, 0.6) is 5.75 Å². The van der Waals surface area contributed by atoms with Gasteiger partial charge in [-0.25, -0.2) is 4.79 Å². The van der Waals surface area contributed by atoms with Crippen LogP contribution in [0.15, 0.2) is 42.5 Å². The number of carbonyl (C=O) groups excluding carboxylic acids is 1. The Bertz CT molecular complexity index is 788. The summed E-state index contributed by atoms with van der Waals surface area (Å²) in [5.74, 6) is 0.672. The third kappa shape index (κ3) is 4.68. The van der Waals surface area contributed by atoms with Crippen LogP contribution >= 0.6 is 11.6 Å². The number of amides is 2. The first-order valence-electron chi connectivity index (χ1n) is 8.59. The van der Waals surface area contributed by atoms with E-state index >= 15 is 0 Å². The summed E-state index contributed by atoms with van der Waals surface area (Å²) in [5, 5.41) is 13.7. The van der Waals surface area contributed by atoms with Gasteiger partial charge in [0, 0.05) is 23.6 Å². The molecule has 0 aromatic heterocycles. The van der Waals surface area contributed by atoms with Gasteiger partial charge in [-0.2, -0.15) is 0 Å². The van der Waals surface area contributed by atoms with Crippen molar-refractivity contribution >= 4 is 23.3 Å². The van der Waals surface area contributed by atoms with Crippen molar-refractivity contribution in [1.82, 2.24) is 4.90 Å². The van der Waals surface area contributed by atoms with E-state index in [0.717, 1.165) is 17.5 Å². The number of ether oxygens (including phenoxy) is 1. The molecule has 1 aliphatic rings. The van der Waals surface area contributed by atoms with E-state index in [2.05, 4.69) is 5.32 Å². The van der Waals surface area contributed by atoms with Gasteiger partial charge in [0.15, 0.2) is 0 Å². The van der Waals surface area contributed by atoms with Gasteiger partial charge in [0.25, 0.3) is 0 Å².